The van der Waals surface area contributed by atoms with Crippen LogP contribution in [0, 0.1) is 5.41 Å². The zero-order chi connectivity index (χ0) is 21.8. The zero-order valence-electron chi connectivity index (χ0n) is 20.3. The molecule has 0 spiro atoms. The minimum Gasteiger partial charge on any atom is -0.0654 e. The van der Waals surface area contributed by atoms with Gasteiger partial charge in [-0.3, -0.25) is 0 Å². The summed E-state index contributed by atoms with van der Waals surface area (Å²) in [5, 5.41) is 0.0531. The summed E-state index contributed by atoms with van der Waals surface area (Å²) in [6.45, 7) is 15.7. The van der Waals surface area contributed by atoms with Crippen LogP contribution >= 0.6 is 0 Å². The Kier molecular flexibility index (Phi) is 12.1. The molecule has 0 aromatic carbocycles. The summed E-state index contributed by atoms with van der Waals surface area (Å²) in [6.07, 6.45) is 14.1. The fraction of sp³-hybridized carbons (Fsp3) is 0.769. The van der Waals surface area contributed by atoms with E-state index in [2.05, 4.69) is 73.7 Å². The number of carbonyl (C=O) groups is 1. The Morgan fingerprint density at radius 2 is 1.48 bits per heavy atom. The molecule has 0 saturated carbocycles. The zero-order valence-corrected chi connectivity index (χ0v) is 20.3. The Morgan fingerprint density at radius 1 is 0.897 bits per heavy atom. The number of unbranched alkanes of at least 4 members (excludes halogenated alkanes) is 6. The monoisotopic (exact) mass is 395 g/mol. The van der Waals surface area contributed by atoms with Gasteiger partial charge in [-0.05, 0) is 0 Å². The van der Waals surface area contributed by atoms with E-state index in [4.69, 9.17) is 0 Å². The SMILES string of the molecule is CCCCCCC(C)([B]C(=O)Cc1ccbcc1CC(C)(C)C)CCCCCC. The molecule has 161 valence electrons. The van der Waals surface area contributed by atoms with Gasteiger partial charge in [0.05, 0.1) is 0 Å². The molecule has 0 N–H and O–H groups in total. The minimum absolute atomic E-state index is 0.0531. The van der Waals surface area contributed by atoms with E-state index >= 15 is 0 Å². The Labute approximate surface area is 183 Å². The normalized spacial score (nSPS) is 12.1. The smallest absolute Gasteiger partial charge is 0.0654 e. The van der Waals surface area contributed by atoms with Crippen molar-refractivity contribution in [1.29, 1.82) is 0 Å². The van der Waals surface area contributed by atoms with Crippen LogP contribution in [0.25, 0.3) is 0 Å². The Bertz CT molecular complexity index is 577. The third kappa shape index (κ3) is 11.8. The minimum atomic E-state index is 0.0531. The van der Waals surface area contributed by atoms with Gasteiger partial charge in [0.1, 0.15) is 0 Å². The third-order valence-electron chi connectivity index (χ3n) is 5.92. The van der Waals surface area contributed by atoms with Gasteiger partial charge in [0.2, 0.25) is 0 Å². The Balaban J connectivity index is 2.75. The fourth-order valence-electron chi connectivity index (χ4n) is 4.28. The van der Waals surface area contributed by atoms with E-state index in [0.717, 1.165) is 19.3 Å². The number of rotatable bonds is 15. The van der Waals surface area contributed by atoms with Gasteiger partial charge < -0.3 is 0 Å². The topological polar surface area (TPSA) is 17.1 Å². The molecule has 1 rings (SSSR count). The van der Waals surface area contributed by atoms with Gasteiger partial charge in [-0.1, -0.05) is 13.8 Å². The molecule has 0 aliphatic rings. The average Bonchev–Trinajstić information content (AvgIpc) is 2.63. The Hall–Kier alpha value is -0.850. The molecule has 1 aromatic rings. The molecule has 0 atom stereocenters. The van der Waals surface area contributed by atoms with Crippen molar-refractivity contribution in [2.75, 3.05) is 0 Å². The predicted molar refractivity (Wildman–Crippen MR) is 131 cm³/mol. The van der Waals surface area contributed by atoms with Crippen LogP contribution < -0.4 is 0 Å². The summed E-state index contributed by atoms with van der Waals surface area (Å²) in [5.41, 5.74) is 3.08. The van der Waals surface area contributed by atoms with Crippen LogP contribution in [-0.2, 0) is 17.6 Å². The molecule has 29 heavy (non-hydrogen) atoms. The van der Waals surface area contributed by atoms with E-state index in [9.17, 15) is 4.79 Å². The van der Waals surface area contributed by atoms with Crippen molar-refractivity contribution in [3.8, 4) is 0 Å². The maximum atomic E-state index is 13.1. The molecule has 0 amide bonds. The molecule has 0 unspecified atom stereocenters. The molecule has 1 nitrogen and oxygen atoms in total. The summed E-state index contributed by atoms with van der Waals surface area (Å²) in [4.78, 5) is 13.1. The van der Waals surface area contributed by atoms with Crippen molar-refractivity contribution >= 4 is 19.9 Å². The molecule has 3 heteroatoms. The molecular formula is C26H45B2O. The first-order chi connectivity index (χ1) is 13.7. The van der Waals surface area contributed by atoms with Gasteiger partial charge in [-0.25, -0.2) is 0 Å². The molecule has 1 aromatic heterocycles. The van der Waals surface area contributed by atoms with Gasteiger partial charge in [-0.15, -0.1) is 0 Å². The average molecular weight is 395 g/mol. The van der Waals surface area contributed by atoms with Crippen molar-refractivity contribution in [2.45, 2.75) is 124 Å². The summed E-state index contributed by atoms with van der Waals surface area (Å²) in [7, 11) is 2.10. The predicted octanol–water partition coefficient (Wildman–Crippen LogP) is 7.51. The number of hydrogen-bond donors (Lipinski definition) is 0. The van der Waals surface area contributed by atoms with E-state index in [1.807, 2.05) is 0 Å². The van der Waals surface area contributed by atoms with Crippen molar-refractivity contribution in [1.82, 2.24) is 0 Å². The molecule has 0 saturated heterocycles. The summed E-state index contributed by atoms with van der Waals surface area (Å²) in [5.74, 6) is 4.27. The first-order valence-electron chi connectivity index (χ1n) is 12.1. The van der Waals surface area contributed by atoms with Crippen molar-refractivity contribution in [2.24, 2.45) is 5.41 Å². The van der Waals surface area contributed by atoms with Gasteiger partial charge in [-0.2, -0.15) is 0 Å². The van der Waals surface area contributed by atoms with E-state index in [-0.39, 0.29) is 10.7 Å². The first-order valence-corrected chi connectivity index (χ1v) is 12.1. The molecule has 1 radical (unpaired) electrons. The standard InChI is InChI=1S/C26H45B2O/c1-7-9-11-13-16-26(6,17-14-12-10-8-2)28-24(29)19-22-15-18-27-21-23(22)20-25(3,4)5/h15,18,21H,7-14,16-17,19-20H2,1-6H3. The number of carbonyl (C=O) groups excluding carboxylic acids is 1. The van der Waals surface area contributed by atoms with E-state index in [1.54, 1.807) is 0 Å². The molecule has 0 aliphatic carbocycles. The van der Waals surface area contributed by atoms with Crippen LogP contribution in [-0.4, -0.2) is 19.9 Å². The van der Waals surface area contributed by atoms with Crippen LogP contribution in [0.3, 0.4) is 0 Å². The van der Waals surface area contributed by atoms with E-state index in [1.165, 1.54) is 62.5 Å². The summed E-state index contributed by atoms with van der Waals surface area (Å²) < 4.78 is 0. The van der Waals surface area contributed by atoms with Gasteiger partial charge >= 0.3 is 169 Å². The first kappa shape index (κ1) is 26.2. The quantitative estimate of drug-likeness (QED) is 0.222. The molecular weight excluding hydrogens is 350 g/mol. The van der Waals surface area contributed by atoms with Crippen LogP contribution in [0.1, 0.15) is 117 Å². The maximum absolute atomic E-state index is 13.1. The van der Waals surface area contributed by atoms with Gasteiger partial charge in [0.25, 0.3) is 0 Å². The number of hydrogen-bond acceptors (Lipinski definition) is 1. The van der Waals surface area contributed by atoms with Crippen LogP contribution in [0.15, 0.2) is 18.0 Å². The van der Waals surface area contributed by atoms with Crippen LogP contribution in [0.4, 0.5) is 0 Å². The van der Waals surface area contributed by atoms with Crippen molar-refractivity contribution in [3.05, 3.63) is 29.1 Å². The Morgan fingerprint density at radius 3 is 2.00 bits per heavy atom. The summed E-state index contributed by atoms with van der Waals surface area (Å²) >= 11 is 0. The van der Waals surface area contributed by atoms with Crippen molar-refractivity contribution in [3.63, 3.8) is 0 Å². The molecule has 0 fully saturated rings. The van der Waals surface area contributed by atoms with E-state index < -0.39 is 0 Å². The molecule has 1 heterocycles. The molecule has 0 aliphatic heterocycles. The van der Waals surface area contributed by atoms with Gasteiger partial charge in [0, 0.05) is 0 Å². The summed E-state index contributed by atoms with van der Waals surface area (Å²) in [6, 6.07) is 2.15. The fourth-order valence-corrected chi connectivity index (χ4v) is 4.28. The molecule has 0 bridgehead atoms. The van der Waals surface area contributed by atoms with Crippen LogP contribution in [0.2, 0.25) is 5.31 Å². The second-order valence-electron chi connectivity index (χ2n) is 10.6. The second kappa shape index (κ2) is 13.5. The van der Waals surface area contributed by atoms with Gasteiger partial charge in [0.15, 0.2) is 0 Å². The van der Waals surface area contributed by atoms with E-state index in [0.29, 0.717) is 12.1 Å². The third-order valence-corrected chi connectivity index (χ3v) is 5.92. The second-order valence-corrected chi connectivity index (χ2v) is 10.6. The van der Waals surface area contributed by atoms with Crippen molar-refractivity contribution < 1.29 is 4.79 Å². The van der Waals surface area contributed by atoms with Crippen LogP contribution in [0.5, 0.6) is 0 Å².